The van der Waals surface area contributed by atoms with Crippen molar-refractivity contribution in [3.8, 4) is 11.5 Å². The molecule has 2 amide bonds. The Balaban J connectivity index is 1.30. The van der Waals surface area contributed by atoms with Crippen LogP contribution in [0.15, 0.2) is 53.1 Å². The van der Waals surface area contributed by atoms with E-state index in [2.05, 4.69) is 20.1 Å². The number of aromatic nitrogens is 3. The van der Waals surface area contributed by atoms with Gasteiger partial charge in [-0.25, -0.2) is 4.79 Å². The highest BCUT2D eigenvalue weighted by molar-refractivity contribution is 5.92. The van der Waals surface area contributed by atoms with Gasteiger partial charge in [0.2, 0.25) is 5.89 Å². The number of urea groups is 1. The van der Waals surface area contributed by atoms with Gasteiger partial charge in [-0.2, -0.15) is 8.78 Å². The van der Waals surface area contributed by atoms with Gasteiger partial charge in [0, 0.05) is 38.1 Å². The highest BCUT2D eigenvalue weighted by Gasteiger charge is 2.32. The number of para-hydroxylation sites is 1. The summed E-state index contributed by atoms with van der Waals surface area (Å²) in [6.45, 7) is 4.72. The Labute approximate surface area is 194 Å². The molecule has 2 aliphatic heterocycles. The fraction of sp³-hybridized carbons (Fsp3) is 0.391. The largest absolute Gasteiger partial charge is 0.415 e. The van der Waals surface area contributed by atoms with Crippen molar-refractivity contribution in [1.29, 1.82) is 0 Å². The van der Waals surface area contributed by atoms with Crippen molar-refractivity contribution in [2.45, 2.75) is 19.0 Å². The average molecular weight is 470 g/mol. The molecule has 1 aromatic carbocycles. The van der Waals surface area contributed by atoms with Gasteiger partial charge in [-0.1, -0.05) is 18.2 Å². The number of hydrogen-bond acceptors (Lipinski definition) is 7. The van der Waals surface area contributed by atoms with E-state index in [0.717, 1.165) is 32.0 Å². The van der Waals surface area contributed by atoms with Gasteiger partial charge < -0.3 is 14.1 Å². The monoisotopic (exact) mass is 470 g/mol. The van der Waals surface area contributed by atoms with Crippen LogP contribution in [0.25, 0.3) is 11.5 Å². The minimum atomic E-state index is -2.83. The highest BCUT2D eigenvalue weighted by atomic mass is 19.3. The van der Waals surface area contributed by atoms with Gasteiger partial charge in [0.25, 0.3) is 5.89 Å². The van der Waals surface area contributed by atoms with E-state index < -0.39 is 12.3 Å². The van der Waals surface area contributed by atoms with Crippen molar-refractivity contribution in [2.75, 3.05) is 44.3 Å². The Hall–Kier alpha value is -3.44. The SMILES string of the molecule is O=C(N1CCN(C2COC2)CC1)N(Cc1ccc(-c2nnc(C(F)F)o2)cn1)c1ccccc1. The number of carbonyl (C=O) groups is 1. The Kier molecular flexibility index (Phi) is 6.45. The number of pyridine rings is 1. The molecule has 0 spiro atoms. The van der Waals surface area contributed by atoms with Gasteiger partial charge in [0.1, 0.15) is 0 Å². The Morgan fingerprint density at radius 1 is 1.06 bits per heavy atom. The zero-order valence-corrected chi connectivity index (χ0v) is 18.4. The minimum Gasteiger partial charge on any atom is -0.415 e. The molecule has 0 aliphatic carbocycles. The maximum absolute atomic E-state index is 13.5. The predicted molar refractivity (Wildman–Crippen MR) is 118 cm³/mol. The molecule has 0 bridgehead atoms. The number of anilines is 1. The van der Waals surface area contributed by atoms with Gasteiger partial charge in [-0.05, 0) is 24.3 Å². The smallest absolute Gasteiger partial charge is 0.324 e. The quantitative estimate of drug-likeness (QED) is 0.547. The van der Waals surface area contributed by atoms with Gasteiger partial charge in [-0.3, -0.25) is 14.8 Å². The second-order valence-corrected chi connectivity index (χ2v) is 8.20. The molecule has 0 saturated carbocycles. The Morgan fingerprint density at radius 2 is 1.82 bits per heavy atom. The fourth-order valence-electron chi connectivity index (χ4n) is 4.01. The van der Waals surface area contributed by atoms with Crippen LogP contribution < -0.4 is 4.90 Å². The van der Waals surface area contributed by atoms with Crippen molar-refractivity contribution in [3.05, 3.63) is 60.2 Å². The summed E-state index contributed by atoms with van der Waals surface area (Å²) >= 11 is 0. The first-order chi connectivity index (χ1) is 16.6. The van der Waals surface area contributed by atoms with Gasteiger partial charge in [-0.15, -0.1) is 10.2 Å². The van der Waals surface area contributed by atoms with Gasteiger partial charge >= 0.3 is 12.5 Å². The minimum absolute atomic E-state index is 0.0277. The van der Waals surface area contributed by atoms with Gasteiger partial charge in [0.15, 0.2) is 0 Å². The normalized spacial score (nSPS) is 17.1. The lowest BCUT2D eigenvalue weighted by Gasteiger charge is -2.43. The predicted octanol–water partition coefficient (Wildman–Crippen LogP) is 3.21. The summed E-state index contributed by atoms with van der Waals surface area (Å²) in [4.78, 5) is 23.8. The first-order valence-corrected chi connectivity index (χ1v) is 11.1. The van der Waals surface area contributed by atoms with Crippen LogP contribution in [-0.4, -0.2) is 76.4 Å². The van der Waals surface area contributed by atoms with Crippen LogP contribution in [-0.2, 0) is 11.3 Å². The number of ether oxygens (including phenoxy) is 1. The summed E-state index contributed by atoms with van der Waals surface area (Å²) in [5.41, 5.74) is 1.84. The fourth-order valence-corrected chi connectivity index (χ4v) is 4.01. The summed E-state index contributed by atoms with van der Waals surface area (Å²) in [5.74, 6) is -0.759. The molecule has 3 aromatic rings. The van der Waals surface area contributed by atoms with E-state index in [0.29, 0.717) is 30.4 Å². The van der Waals surface area contributed by atoms with Crippen molar-refractivity contribution >= 4 is 11.7 Å². The molecule has 5 rings (SSSR count). The molecule has 178 valence electrons. The van der Waals surface area contributed by atoms with Crippen LogP contribution in [0.1, 0.15) is 18.0 Å². The third kappa shape index (κ3) is 4.75. The number of piperazine rings is 1. The topological polar surface area (TPSA) is 87.8 Å². The number of rotatable bonds is 6. The molecule has 0 N–H and O–H groups in total. The third-order valence-corrected chi connectivity index (χ3v) is 6.04. The van der Waals surface area contributed by atoms with Crippen molar-refractivity contribution in [1.82, 2.24) is 25.0 Å². The maximum Gasteiger partial charge on any atom is 0.324 e. The lowest BCUT2D eigenvalue weighted by atomic mass is 10.2. The number of alkyl halides is 2. The molecular formula is C23H24F2N6O3. The highest BCUT2D eigenvalue weighted by Crippen LogP contribution is 2.24. The van der Waals surface area contributed by atoms with Gasteiger partial charge in [0.05, 0.1) is 37.1 Å². The number of amides is 2. The molecule has 9 nitrogen and oxygen atoms in total. The Morgan fingerprint density at radius 3 is 2.41 bits per heavy atom. The second kappa shape index (κ2) is 9.82. The molecule has 2 fully saturated rings. The standard InChI is InChI=1S/C23H24F2N6O3/c24-20(25)22-28-27-21(34-22)16-6-7-17(26-12-16)13-31(18-4-2-1-3-5-18)23(32)30-10-8-29(9-11-30)19-14-33-15-19/h1-7,12,19-20H,8-11,13-15H2. The van der Waals surface area contributed by atoms with E-state index in [1.54, 1.807) is 17.0 Å². The average Bonchev–Trinajstić information content (AvgIpc) is 3.33. The van der Waals surface area contributed by atoms with E-state index in [4.69, 9.17) is 9.15 Å². The molecule has 0 unspecified atom stereocenters. The number of hydrogen-bond donors (Lipinski definition) is 0. The summed E-state index contributed by atoms with van der Waals surface area (Å²) in [5, 5.41) is 6.98. The number of nitrogens with zero attached hydrogens (tertiary/aromatic N) is 6. The van der Waals surface area contributed by atoms with Crippen LogP contribution in [0.4, 0.5) is 19.3 Å². The van der Waals surface area contributed by atoms with Crippen LogP contribution in [0.3, 0.4) is 0 Å². The molecule has 2 aromatic heterocycles. The van der Waals surface area contributed by atoms with E-state index in [1.165, 1.54) is 6.20 Å². The molecule has 0 atom stereocenters. The molecule has 2 saturated heterocycles. The first-order valence-electron chi connectivity index (χ1n) is 11.1. The lowest BCUT2D eigenvalue weighted by molar-refractivity contribution is -0.0738. The maximum atomic E-state index is 13.5. The van der Waals surface area contributed by atoms with E-state index in [9.17, 15) is 13.6 Å². The molecule has 34 heavy (non-hydrogen) atoms. The van der Waals surface area contributed by atoms with Crippen LogP contribution >= 0.6 is 0 Å². The summed E-state index contributed by atoms with van der Waals surface area (Å²) in [6, 6.07) is 13.2. The summed E-state index contributed by atoms with van der Waals surface area (Å²) in [6.07, 6.45) is -1.35. The zero-order valence-electron chi connectivity index (χ0n) is 18.4. The third-order valence-electron chi connectivity index (χ3n) is 6.04. The molecular weight excluding hydrogens is 446 g/mol. The van der Waals surface area contributed by atoms with E-state index >= 15 is 0 Å². The zero-order chi connectivity index (χ0) is 23.5. The van der Waals surface area contributed by atoms with Crippen LogP contribution in [0.2, 0.25) is 0 Å². The molecule has 4 heterocycles. The lowest BCUT2D eigenvalue weighted by Crippen LogP contribution is -2.59. The summed E-state index contributed by atoms with van der Waals surface area (Å²) in [7, 11) is 0. The number of carbonyl (C=O) groups excluding carboxylic acids is 1. The molecule has 0 radical (unpaired) electrons. The number of benzene rings is 1. The van der Waals surface area contributed by atoms with E-state index in [-0.39, 0.29) is 18.5 Å². The van der Waals surface area contributed by atoms with Crippen LogP contribution in [0.5, 0.6) is 0 Å². The molecule has 2 aliphatic rings. The Bertz CT molecular complexity index is 1100. The number of halogens is 2. The van der Waals surface area contributed by atoms with E-state index in [1.807, 2.05) is 35.2 Å². The summed E-state index contributed by atoms with van der Waals surface area (Å²) < 4.78 is 35.7. The molecule has 11 heteroatoms. The van der Waals surface area contributed by atoms with Crippen LogP contribution in [0, 0.1) is 0 Å². The van der Waals surface area contributed by atoms with Crippen molar-refractivity contribution in [2.24, 2.45) is 0 Å². The van der Waals surface area contributed by atoms with Crippen molar-refractivity contribution in [3.63, 3.8) is 0 Å². The first kappa shape index (κ1) is 22.4. The van der Waals surface area contributed by atoms with Crippen molar-refractivity contribution < 1.29 is 22.7 Å². The second-order valence-electron chi connectivity index (χ2n) is 8.20.